The third-order valence-electron chi connectivity index (χ3n) is 2.50. The maximum Gasteiger partial charge on any atom is 1.00 e. The van der Waals surface area contributed by atoms with Gasteiger partial charge in [0.1, 0.15) is 0 Å². The third-order valence-corrected chi connectivity index (χ3v) is 2.50. The zero-order valence-corrected chi connectivity index (χ0v) is 18.8. The maximum atomic E-state index is 11.4. The molecule has 20 heavy (non-hydrogen) atoms. The summed E-state index contributed by atoms with van der Waals surface area (Å²) >= 11 is 0. The van der Waals surface area contributed by atoms with Gasteiger partial charge in [-0.05, 0) is 6.42 Å². The maximum absolute atomic E-state index is 11.4. The van der Waals surface area contributed by atoms with E-state index in [1.807, 2.05) is 0 Å². The van der Waals surface area contributed by atoms with Crippen molar-refractivity contribution >= 4 is 17.8 Å². The summed E-state index contributed by atoms with van der Waals surface area (Å²) in [5.41, 5.74) is 0. The van der Waals surface area contributed by atoms with Crippen LogP contribution in [-0.4, -0.2) is 23.9 Å². The van der Waals surface area contributed by atoms with E-state index in [1.54, 1.807) is 0 Å². The van der Waals surface area contributed by atoms with E-state index in [2.05, 4.69) is 12.2 Å². The van der Waals surface area contributed by atoms with E-state index in [4.69, 9.17) is 0 Å². The number of hydrogen-bond donors (Lipinski definition) is 1. The number of carbonyl (C=O) groups excluding carboxylic acids is 3. The first-order chi connectivity index (χ1) is 8.47. The number of hydrogen-bond acceptors (Lipinski definition) is 5. The van der Waals surface area contributed by atoms with Crippen LogP contribution in [0, 0.1) is 0 Å². The van der Waals surface area contributed by atoms with E-state index in [-0.39, 0.29) is 109 Å². The summed E-state index contributed by atoms with van der Waals surface area (Å²) in [6.07, 6.45) is 4.23. The van der Waals surface area contributed by atoms with Crippen molar-refractivity contribution in [3.63, 3.8) is 0 Å². The van der Waals surface area contributed by atoms with Gasteiger partial charge in [-0.15, -0.1) is 0 Å². The fourth-order valence-electron chi connectivity index (χ4n) is 1.52. The molecule has 0 heterocycles. The molecular weight excluding hydrogens is 316 g/mol. The second-order valence-electron chi connectivity index (χ2n) is 4.18. The molecule has 0 rings (SSSR count). The van der Waals surface area contributed by atoms with E-state index < -0.39 is 30.3 Å². The van der Waals surface area contributed by atoms with Crippen molar-refractivity contribution < 1.29 is 127 Å². The number of amides is 1. The molecule has 1 N–H and O–H groups in total. The Morgan fingerprint density at radius 1 is 1.00 bits per heavy atom. The predicted octanol–water partition coefficient (Wildman–Crippen LogP) is -7.27. The minimum Gasteiger partial charge on any atom is -0.550 e. The van der Waals surface area contributed by atoms with E-state index in [0.717, 1.165) is 25.7 Å². The monoisotopic (exact) mass is 335 g/mol. The van der Waals surface area contributed by atoms with Gasteiger partial charge < -0.3 is 25.1 Å². The molecule has 8 heteroatoms. The topological polar surface area (TPSA) is 109 Å². The van der Waals surface area contributed by atoms with Crippen LogP contribution < -0.4 is 118 Å². The van der Waals surface area contributed by atoms with Gasteiger partial charge in [-0.25, -0.2) is 0 Å². The average Bonchev–Trinajstić information content (AvgIpc) is 2.27. The SMILES string of the molecule is CCCCCCCC(=O)N[C@@H](CC(=O)[O-])C(=O)[O-].[K+].[K+]. The number of unbranched alkanes of at least 4 members (excludes halogenated alkanes) is 4. The number of nitrogens with one attached hydrogen (secondary N) is 1. The van der Waals surface area contributed by atoms with Gasteiger partial charge in [-0.1, -0.05) is 32.6 Å². The van der Waals surface area contributed by atoms with E-state index >= 15 is 0 Å². The van der Waals surface area contributed by atoms with Gasteiger partial charge in [0.25, 0.3) is 0 Å². The summed E-state index contributed by atoms with van der Waals surface area (Å²) in [7, 11) is 0. The molecule has 0 saturated heterocycles. The summed E-state index contributed by atoms with van der Waals surface area (Å²) < 4.78 is 0. The molecule has 1 atom stereocenters. The van der Waals surface area contributed by atoms with Crippen molar-refractivity contribution in [1.82, 2.24) is 5.32 Å². The average molecular weight is 335 g/mol. The summed E-state index contributed by atoms with van der Waals surface area (Å²) in [5, 5.41) is 23.0. The fraction of sp³-hybridized carbons (Fsp3) is 0.750. The number of aliphatic carboxylic acids is 2. The van der Waals surface area contributed by atoms with Crippen LogP contribution in [0.4, 0.5) is 0 Å². The normalized spacial score (nSPS) is 10.7. The molecule has 0 aromatic heterocycles. The smallest absolute Gasteiger partial charge is 0.550 e. The van der Waals surface area contributed by atoms with Crippen LogP contribution in [0.5, 0.6) is 0 Å². The molecule has 0 saturated carbocycles. The van der Waals surface area contributed by atoms with Crippen LogP contribution in [0.3, 0.4) is 0 Å². The summed E-state index contributed by atoms with van der Waals surface area (Å²) in [6.45, 7) is 2.08. The first kappa shape index (κ1) is 26.6. The molecule has 104 valence electrons. The Balaban J connectivity index is -0.00000144. The van der Waals surface area contributed by atoms with Gasteiger partial charge in [0.2, 0.25) is 5.91 Å². The Hall–Kier alpha value is 1.68. The largest absolute Gasteiger partial charge is 1.00 e. The zero-order valence-electron chi connectivity index (χ0n) is 12.6. The Kier molecular flexibility index (Phi) is 22.6. The van der Waals surface area contributed by atoms with Gasteiger partial charge in [0, 0.05) is 18.8 Å². The van der Waals surface area contributed by atoms with Crippen LogP contribution in [0.1, 0.15) is 51.9 Å². The predicted molar refractivity (Wildman–Crippen MR) is 59.9 cm³/mol. The third kappa shape index (κ3) is 16.1. The van der Waals surface area contributed by atoms with Gasteiger partial charge in [-0.3, -0.25) is 4.79 Å². The van der Waals surface area contributed by atoms with Crippen molar-refractivity contribution in [2.75, 3.05) is 0 Å². The number of carboxylic acid groups (broad SMARTS) is 2. The summed E-state index contributed by atoms with van der Waals surface area (Å²) in [4.78, 5) is 32.2. The van der Waals surface area contributed by atoms with Crippen molar-refractivity contribution in [2.45, 2.75) is 57.9 Å². The molecule has 0 radical (unpaired) electrons. The minimum absolute atomic E-state index is 0. The molecule has 1 amide bonds. The molecule has 0 aliphatic carbocycles. The first-order valence-corrected chi connectivity index (χ1v) is 6.17. The quantitative estimate of drug-likeness (QED) is 0.315. The van der Waals surface area contributed by atoms with Crippen molar-refractivity contribution in [1.29, 1.82) is 0 Å². The van der Waals surface area contributed by atoms with Crippen molar-refractivity contribution in [2.24, 2.45) is 0 Å². The summed E-state index contributed by atoms with van der Waals surface area (Å²) in [6, 6.07) is -1.52. The molecule has 0 spiro atoms. The van der Waals surface area contributed by atoms with Crippen LogP contribution in [0.15, 0.2) is 0 Å². The fourth-order valence-corrected chi connectivity index (χ4v) is 1.52. The molecule has 0 fully saturated rings. The number of carboxylic acids is 2. The second-order valence-corrected chi connectivity index (χ2v) is 4.18. The number of carbonyl (C=O) groups is 3. The van der Waals surface area contributed by atoms with Crippen molar-refractivity contribution in [3.8, 4) is 0 Å². The van der Waals surface area contributed by atoms with E-state index in [0.29, 0.717) is 6.42 Å². The Bertz CT molecular complexity index is 300. The van der Waals surface area contributed by atoms with Gasteiger partial charge >= 0.3 is 103 Å². The zero-order chi connectivity index (χ0) is 14.0. The Morgan fingerprint density at radius 3 is 2.00 bits per heavy atom. The second kappa shape index (κ2) is 17.0. The van der Waals surface area contributed by atoms with Gasteiger partial charge in [0.05, 0.1) is 12.0 Å². The number of rotatable bonds is 10. The standard InChI is InChI=1S/C12H21NO5.2K/c1-2-3-4-5-6-7-10(14)13-9(12(17)18)8-11(15)16;;/h9H,2-8H2,1H3,(H,13,14)(H,15,16)(H,17,18);;/q;2*+1/p-2/t9-;;/m0../s1. The molecule has 0 unspecified atom stereocenters. The van der Waals surface area contributed by atoms with Crippen LogP contribution >= 0.6 is 0 Å². The molecule has 0 aromatic carbocycles. The summed E-state index contributed by atoms with van der Waals surface area (Å²) in [5.74, 6) is -3.62. The van der Waals surface area contributed by atoms with Gasteiger partial charge in [0.15, 0.2) is 0 Å². The molecule has 0 aromatic rings. The Labute approximate surface area is 204 Å². The van der Waals surface area contributed by atoms with Crippen molar-refractivity contribution in [3.05, 3.63) is 0 Å². The molecule has 6 nitrogen and oxygen atoms in total. The molecular formula is C12H19K2NO5. The van der Waals surface area contributed by atoms with Crippen LogP contribution in [0.2, 0.25) is 0 Å². The van der Waals surface area contributed by atoms with E-state index in [9.17, 15) is 24.6 Å². The first-order valence-electron chi connectivity index (χ1n) is 6.17. The molecule has 0 bridgehead atoms. The Morgan fingerprint density at radius 2 is 1.55 bits per heavy atom. The van der Waals surface area contributed by atoms with Gasteiger partial charge in [-0.2, -0.15) is 0 Å². The van der Waals surface area contributed by atoms with Crippen LogP contribution in [-0.2, 0) is 14.4 Å². The van der Waals surface area contributed by atoms with Crippen LogP contribution in [0.25, 0.3) is 0 Å². The molecule has 0 aliphatic rings. The molecule has 0 aliphatic heterocycles. The minimum atomic E-state index is -1.61. The van der Waals surface area contributed by atoms with E-state index in [1.165, 1.54) is 0 Å².